The van der Waals surface area contributed by atoms with E-state index in [1.807, 2.05) is 0 Å². The van der Waals surface area contributed by atoms with Crippen molar-refractivity contribution in [2.24, 2.45) is 7.05 Å². The van der Waals surface area contributed by atoms with Gasteiger partial charge in [-0.15, -0.1) is 0 Å². The molecule has 0 aliphatic rings. The predicted octanol–water partition coefficient (Wildman–Crippen LogP) is 2.03. The number of hydrogen-bond donors (Lipinski definition) is 1. The Morgan fingerprint density at radius 1 is 1.00 bits per heavy atom. The highest BCUT2D eigenvalue weighted by Gasteiger charge is 2.27. The van der Waals surface area contributed by atoms with Gasteiger partial charge in [-0.3, -0.25) is 0 Å². The molecule has 172 valence electrons. The van der Waals surface area contributed by atoms with Crippen molar-refractivity contribution in [1.29, 1.82) is 0 Å². The molecule has 0 radical (unpaired) electrons. The van der Waals surface area contributed by atoms with Gasteiger partial charge in [0.15, 0.2) is 0 Å². The lowest BCUT2D eigenvalue weighted by Crippen LogP contribution is -2.38. The lowest BCUT2D eigenvalue weighted by atomic mass is 10.1. The van der Waals surface area contributed by atoms with Gasteiger partial charge in [-0.05, 0) is 42.0 Å². The number of imidazole rings is 1. The zero-order valence-corrected chi connectivity index (χ0v) is 18.9. The number of aromatic nitrogens is 2. The fraction of sp³-hybridized carbons (Fsp3) is 0.250. The summed E-state index contributed by atoms with van der Waals surface area (Å²) in [6, 6.07) is 8.66. The number of halogens is 2. The molecule has 12 heteroatoms. The second-order valence-electron chi connectivity index (χ2n) is 7.10. The monoisotopic (exact) mass is 484 g/mol. The number of benzene rings is 2. The smallest absolute Gasteiger partial charge is 0.242 e. The molecule has 0 amide bonds. The third kappa shape index (κ3) is 5.57. The molecule has 2 aromatic carbocycles. The van der Waals surface area contributed by atoms with Gasteiger partial charge in [-0.25, -0.2) is 35.3 Å². The normalized spacial score (nSPS) is 13.4. The summed E-state index contributed by atoms with van der Waals surface area (Å²) >= 11 is 0. The van der Waals surface area contributed by atoms with E-state index < -0.39 is 43.5 Å². The molecule has 0 spiro atoms. The van der Waals surface area contributed by atoms with Crippen molar-refractivity contribution < 1.29 is 25.6 Å². The molecule has 3 rings (SSSR count). The van der Waals surface area contributed by atoms with Crippen LogP contribution in [-0.2, 0) is 27.1 Å². The van der Waals surface area contributed by atoms with E-state index in [0.29, 0.717) is 11.4 Å². The molecular weight excluding hydrogens is 462 g/mol. The van der Waals surface area contributed by atoms with Gasteiger partial charge in [-0.2, -0.15) is 4.31 Å². The Hall–Kier alpha value is -2.67. The summed E-state index contributed by atoms with van der Waals surface area (Å²) in [7, 11) is -5.06. The van der Waals surface area contributed by atoms with Crippen molar-refractivity contribution in [3.05, 3.63) is 83.9 Å². The van der Waals surface area contributed by atoms with Crippen LogP contribution in [0.3, 0.4) is 0 Å². The van der Waals surface area contributed by atoms with Crippen molar-refractivity contribution in [3.63, 3.8) is 0 Å². The minimum absolute atomic E-state index is 0.149. The topological polar surface area (TPSA) is 101 Å². The summed E-state index contributed by atoms with van der Waals surface area (Å²) in [4.78, 5) is 4.04. The first kappa shape index (κ1) is 24.0. The highest BCUT2D eigenvalue weighted by Crippen LogP contribution is 2.22. The van der Waals surface area contributed by atoms with Gasteiger partial charge >= 0.3 is 0 Å². The zero-order chi connectivity index (χ0) is 23.5. The van der Waals surface area contributed by atoms with Crippen LogP contribution in [0.1, 0.15) is 17.4 Å². The van der Waals surface area contributed by atoms with E-state index >= 15 is 0 Å². The van der Waals surface area contributed by atoms with Crippen molar-refractivity contribution >= 4 is 20.0 Å². The molecule has 0 saturated heterocycles. The van der Waals surface area contributed by atoms with E-state index in [9.17, 15) is 25.6 Å². The van der Waals surface area contributed by atoms with E-state index in [1.165, 1.54) is 37.5 Å². The molecule has 3 aromatic rings. The molecule has 1 heterocycles. The average molecular weight is 485 g/mol. The standard InChI is InChI=1S/C20H22F2N4O4S2/c1-25-12-11-23-20(25)19(15-3-5-16(21)6-4-15)24-31(27,28)14-13-26(2)32(29,30)18-9-7-17(22)8-10-18/h3-12,19,24H,13-14H2,1-2H3. The first-order valence-corrected chi connectivity index (χ1v) is 12.5. The van der Waals surface area contributed by atoms with Crippen molar-refractivity contribution in [3.8, 4) is 0 Å². The summed E-state index contributed by atoms with van der Waals surface area (Å²) in [5, 5.41) is 0. The molecule has 0 bridgehead atoms. The summed E-state index contributed by atoms with van der Waals surface area (Å²) in [5.41, 5.74) is 0.469. The lowest BCUT2D eigenvalue weighted by Gasteiger charge is -2.21. The van der Waals surface area contributed by atoms with Crippen LogP contribution < -0.4 is 4.72 Å². The minimum atomic E-state index is -4.00. The summed E-state index contributed by atoms with van der Waals surface area (Å²) < 4.78 is 82.3. The zero-order valence-electron chi connectivity index (χ0n) is 17.3. The fourth-order valence-electron chi connectivity index (χ4n) is 2.97. The van der Waals surface area contributed by atoms with Crippen molar-refractivity contribution in [2.45, 2.75) is 10.9 Å². The van der Waals surface area contributed by atoms with Gasteiger partial charge in [0.1, 0.15) is 23.5 Å². The first-order chi connectivity index (χ1) is 15.0. The fourth-order valence-corrected chi connectivity index (χ4v) is 5.49. The van der Waals surface area contributed by atoms with Gasteiger partial charge in [0, 0.05) is 33.0 Å². The van der Waals surface area contributed by atoms with Crippen LogP contribution in [0.4, 0.5) is 8.78 Å². The molecular formula is C20H22F2N4O4S2. The molecule has 0 fully saturated rings. The van der Waals surface area contributed by atoms with Crippen molar-refractivity contribution in [1.82, 2.24) is 18.6 Å². The molecule has 0 aliphatic carbocycles. The van der Waals surface area contributed by atoms with Gasteiger partial charge in [-0.1, -0.05) is 12.1 Å². The second-order valence-corrected chi connectivity index (χ2v) is 11.0. The summed E-state index contributed by atoms with van der Waals surface area (Å²) in [6.07, 6.45) is 3.15. The van der Waals surface area contributed by atoms with Crippen LogP contribution in [-0.4, -0.2) is 50.0 Å². The van der Waals surface area contributed by atoms with Gasteiger partial charge < -0.3 is 4.57 Å². The maximum atomic E-state index is 13.4. The van der Waals surface area contributed by atoms with E-state index in [1.54, 1.807) is 17.8 Å². The highest BCUT2D eigenvalue weighted by atomic mass is 32.2. The molecule has 1 unspecified atom stereocenters. The Labute approximate surface area is 185 Å². The number of aryl methyl sites for hydroxylation is 1. The Morgan fingerprint density at radius 2 is 1.56 bits per heavy atom. The Kier molecular flexibility index (Phi) is 7.08. The van der Waals surface area contributed by atoms with E-state index in [4.69, 9.17) is 0 Å². The van der Waals surface area contributed by atoms with Crippen LogP contribution in [0.2, 0.25) is 0 Å². The predicted molar refractivity (Wildman–Crippen MR) is 115 cm³/mol. The Morgan fingerprint density at radius 3 is 2.09 bits per heavy atom. The van der Waals surface area contributed by atoms with Gasteiger partial charge in [0.05, 0.1) is 10.6 Å². The summed E-state index contributed by atoms with van der Waals surface area (Å²) in [5.74, 6) is -1.21. The lowest BCUT2D eigenvalue weighted by molar-refractivity contribution is 0.482. The first-order valence-electron chi connectivity index (χ1n) is 9.44. The van der Waals surface area contributed by atoms with Crippen LogP contribution >= 0.6 is 0 Å². The Balaban J connectivity index is 1.78. The quantitative estimate of drug-likeness (QED) is 0.501. The van der Waals surface area contributed by atoms with Crippen LogP contribution in [0.25, 0.3) is 0 Å². The number of rotatable bonds is 9. The number of nitrogens with zero attached hydrogens (tertiary/aromatic N) is 3. The van der Waals surface area contributed by atoms with E-state index in [2.05, 4.69) is 9.71 Å². The molecule has 8 nitrogen and oxygen atoms in total. The van der Waals surface area contributed by atoms with Gasteiger partial charge in [0.25, 0.3) is 0 Å². The number of sulfonamides is 2. The Bertz CT molecular complexity index is 1280. The largest absolute Gasteiger partial charge is 0.336 e. The minimum Gasteiger partial charge on any atom is -0.336 e. The molecule has 0 aliphatic heterocycles. The second kappa shape index (κ2) is 9.45. The maximum Gasteiger partial charge on any atom is 0.242 e. The maximum absolute atomic E-state index is 13.4. The molecule has 1 N–H and O–H groups in total. The molecule has 1 atom stereocenters. The van der Waals surface area contributed by atoms with Crippen molar-refractivity contribution in [2.75, 3.05) is 19.3 Å². The summed E-state index contributed by atoms with van der Waals surface area (Å²) in [6.45, 7) is -0.342. The third-order valence-corrected chi connectivity index (χ3v) is 8.00. The van der Waals surface area contributed by atoms with Crippen LogP contribution in [0.5, 0.6) is 0 Å². The SMILES string of the molecule is CN(CCS(=O)(=O)NC(c1ccc(F)cc1)c1nccn1C)S(=O)(=O)c1ccc(F)cc1. The van der Waals surface area contributed by atoms with Crippen LogP contribution in [0.15, 0.2) is 65.8 Å². The molecule has 0 saturated carbocycles. The van der Waals surface area contributed by atoms with Gasteiger partial charge in [0.2, 0.25) is 20.0 Å². The third-order valence-electron chi connectivity index (χ3n) is 4.81. The van der Waals surface area contributed by atoms with E-state index in [0.717, 1.165) is 28.6 Å². The molecule has 1 aromatic heterocycles. The van der Waals surface area contributed by atoms with Crippen LogP contribution in [0, 0.1) is 11.6 Å². The van der Waals surface area contributed by atoms with E-state index in [-0.39, 0.29) is 11.4 Å². The molecule has 32 heavy (non-hydrogen) atoms. The number of hydrogen-bond acceptors (Lipinski definition) is 5. The number of nitrogens with one attached hydrogen (secondary N) is 1. The average Bonchev–Trinajstić information content (AvgIpc) is 3.17. The highest BCUT2D eigenvalue weighted by molar-refractivity contribution is 7.90.